The summed E-state index contributed by atoms with van der Waals surface area (Å²) in [6, 6.07) is 3.89. The summed E-state index contributed by atoms with van der Waals surface area (Å²) in [4.78, 5) is 7.80. The second-order valence-electron chi connectivity index (χ2n) is 4.75. The van der Waals surface area contributed by atoms with Gasteiger partial charge in [-0.25, -0.2) is 4.98 Å². The van der Waals surface area contributed by atoms with E-state index in [0.29, 0.717) is 11.5 Å². The van der Waals surface area contributed by atoms with E-state index in [2.05, 4.69) is 46.4 Å². The van der Waals surface area contributed by atoms with E-state index in [4.69, 9.17) is 20.9 Å². The molecule has 2 rings (SSSR count). The molecule has 0 saturated heterocycles. The van der Waals surface area contributed by atoms with Gasteiger partial charge in [0.1, 0.15) is 11.5 Å². The summed E-state index contributed by atoms with van der Waals surface area (Å²) in [7, 11) is 1.64. The first-order valence-corrected chi connectivity index (χ1v) is 7.43. The van der Waals surface area contributed by atoms with Gasteiger partial charge in [-0.15, -0.1) is 0 Å². The number of methoxy groups -OCH3 is 1. The van der Waals surface area contributed by atoms with E-state index >= 15 is 0 Å². The number of benzene rings is 1. The van der Waals surface area contributed by atoms with Gasteiger partial charge in [0.2, 0.25) is 5.95 Å². The predicted octanol–water partition coefficient (Wildman–Crippen LogP) is 3.17. The first-order valence-electron chi connectivity index (χ1n) is 6.35. The van der Waals surface area contributed by atoms with E-state index in [9.17, 15) is 0 Å². The molecule has 21 heavy (non-hydrogen) atoms. The maximum atomic E-state index is 5.89. The van der Waals surface area contributed by atoms with Gasteiger partial charge in [-0.1, -0.05) is 13.8 Å². The molecule has 0 fully saturated rings. The quantitative estimate of drug-likeness (QED) is 0.766. The molecule has 0 atom stereocenters. The molecule has 6 nitrogen and oxygen atoms in total. The van der Waals surface area contributed by atoms with Gasteiger partial charge in [-0.05, 0) is 40.6 Å². The van der Waals surface area contributed by atoms with Crippen molar-refractivity contribution in [2.24, 2.45) is 0 Å². The number of halogens is 1. The molecule has 0 spiro atoms. The van der Waals surface area contributed by atoms with Gasteiger partial charge in [-0.3, -0.25) is 0 Å². The molecule has 0 aliphatic carbocycles. The lowest BCUT2D eigenvalue weighted by Crippen LogP contribution is -2.04. The first-order chi connectivity index (χ1) is 9.92. The van der Waals surface area contributed by atoms with Gasteiger partial charge in [0.15, 0.2) is 11.6 Å². The van der Waals surface area contributed by atoms with Crippen LogP contribution in [0, 0.1) is 3.57 Å². The van der Waals surface area contributed by atoms with Crippen molar-refractivity contribution in [3.63, 3.8) is 0 Å². The molecule has 0 aliphatic rings. The molecule has 0 radical (unpaired) electrons. The van der Waals surface area contributed by atoms with Crippen LogP contribution in [0.15, 0.2) is 18.3 Å². The van der Waals surface area contributed by atoms with Crippen LogP contribution in [0.2, 0.25) is 0 Å². The van der Waals surface area contributed by atoms with Crippen LogP contribution in [0.25, 0.3) is 0 Å². The summed E-state index contributed by atoms with van der Waals surface area (Å²) in [6.45, 7) is 4.14. The van der Waals surface area contributed by atoms with Crippen molar-refractivity contribution in [2.45, 2.75) is 19.8 Å². The Bertz CT molecular complexity index is 662. The Labute approximate surface area is 137 Å². The van der Waals surface area contributed by atoms with Crippen LogP contribution in [-0.4, -0.2) is 17.1 Å². The molecule has 0 bridgehead atoms. The summed E-state index contributed by atoms with van der Waals surface area (Å²) in [5.74, 6) is 2.37. The Hall–Kier alpha value is -1.77. The van der Waals surface area contributed by atoms with Crippen molar-refractivity contribution in [2.75, 3.05) is 18.6 Å². The zero-order valence-electron chi connectivity index (χ0n) is 12.1. The number of nitrogen functional groups attached to an aromatic ring is 2. The van der Waals surface area contributed by atoms with Crippen LogP contribution in [0.3, 0.4) is 0 Å². The molecule has 112 valence electrons. The lowest BCUT2D eigenvalue weighted by molar-refractivity contribution is 0.398. The van der Waals surface area contributed by atoms with Crippen LogP contribution in [-0.2, 0) is 0 Å². The first kappa shape index (κ1) is 15.6. The maximum absolute atomic E-state index is 5.89. The molecule has 4 N–H and O–H groups in total. The average molecular weight is 400 g/mol. The molecule has 1 heterocycles. The zero-order chi connectivity index (χ0) is 15.6. The topological polar surface area (TPSA) is 96.3 Å². The SMILES string of the molecule is COc1cc(I)cc(Oc2cnc(N)nc2N)c1C(C)C. The minimum Gasteiger partial charge on any atom is -0.496 e. The highest BCUT2D eigenvalue weighted by atomic mass is 127. The number of aromatic nitrogens is 2. The normalized spacial score (nSPS) is 10.7. The minimum absolute atomic E-state index is 0.115. The largest absolute Gasteiger partial charge is 0.496 e. The van der Waals surface area contributed by atoms with Crippen molar-refractivity contribution in [1.82, 2.24) is 9.97 Å². The van der Waals surface area contributed by atoms with E-state index in [-0.39, 0.29) is 17.7 Å². The van der Waals surface area contributed by atoms with Crippen LogP contribution in [0.1, 0.15) is 25.3 Å². The second-order valence-corrected chi connectivity index (χ2v) is 6.00. The standard InChI is InChI=1S/C14H17IN4O2/c1-7(2)12-9(20-3)4-8(15)5-10(12)21-11-6-18-14(17)19-13(11)16/h4-7H,1-3H3,(H4,16,17,18,19). The van der Waals surface area contributed by atoms with Crippen molar-refractivity contribution >= 4 is 34.4 Å². The Morgan fingerprint density at radius 2 is 1.81 bits per heavy atom. The molecule has 7 heteroatoms. The van der Waals surface area contributed by atoms with Gasteiger partial charge in [0.25, 0.3) is 0 Å². The number of nitrogens with zero attached hydrogens (tertiary/aromatic N) is 2. The summed E-state index contributed by atoms with van der Waals surface area (Å²) in [5.41, 5.74) is 12.3. The number of rotatable bonds is 4. The predicted molar refractivity (Wildman–Crippen MR) is 90.7 cm³/mol. The monoisotopic (exact) mass is 400 g/mol. The van der Waals surface area contributed by atoms with Crippen molar-refractivity contribution in [3.05, 3.63) is 27.5 Å². The molecule has 2 aromatic rings. The van der Waals surface area contributed by atoms with E-state index in [1.165, 1.54) is 6.20 Å². The number of ether oxygens (including phenoxy) is 2. The molecule has 1 aromatic carbocycles. The highest BCUT2D eigenvalue weighted by Crippen LogP contribution is 2.39. The van der Waals surface area contributed by atoms with Crippen molar-refractivity contribution in [1.29, 1.82) is 0 Å². The fraction of sp³-hybridized carbons (Fsp3) is 0.286. The highest BCUT2D eigenvalue weighted by Gasteiger charge is 2.17. The number of anilines is 2. The summed E-state index contributed by atoms with van der Waals surface area (Å²) in [6.07, 6.45) is 1.47. The van der Waals surface area contributed by atoms with E-state index in [0.717, 1.165) is 14.9 Å². The smallest absolute Gasteiger partial charge is 0.222 e. The third-order valence-electron chi connectivity index (χ3n) is 2.89. The van der Waals surface area contributed by atoms with Crippen LogP contribution < -0.4 is 20.9 Å². The Balaban J connectivity index is 2.50. The van der Waals surface area contributed by atoms with Gasteiger partial charge in [0.05, 0.1) is 13.3 Å². The van der Waals surface area contributed by atoms with Gasteiger partial charge in [-0.2, -0.15) is 4.98 Å². The van der Waals surface area contributed by atoms with Crippen molar-refractivity contribution < 1.29 is 9.47 Å². The van der Waals surface area contributed by atoms with Crippen LogP contribution >= 0.6 is 22.6 Å². The van der Waals surface area contributed by atoms with Gasteiger partial charge < -0.3 is 20.9 Å². The fourth-order valence-corrected chi connectivity index (χ4v) is 2.55. The van der Waals surface area contributed by atoms with E-state index in [1.54, 1.807) is 7.11 Å². The molecule has 0 unspecified atom stereocenters. The fourth-order valence-electron chi connectivity index (χ4n) is 1.99. The second kappa shape index (κ2) is 6.33. The zero-order valence-corrected chi connectivity index (χ0v) is 14.2. The number of nitrogens with two attached hydrogens (primary N) is 2. The highest BCUT2D eigenvalue weighted by molar-refractivity contribution is 14.1. The van der Waals surface area contributed by atoms with Crippen LogP contribution in [0.5, 0.6) is 17.2 Å². The number of hydrogen-bond donors (Lipinski definition) is 2. The third kappa shape index (κ3) is 3.46. The minimum atomic E-state index is 0.115. The van der Waals surface area contributed by atoms with Gasteiger partial charge in [0, 0.05) is 9.13 Å². The van der Waals surface area contributed by atoms with Crippen molar-refractivity contribution in [3.8, 4) is 17.2 Å². The summed E-state index contributed by atoms with van der Waals surface area (Å²) >= 11 is 2.21. The molecule has 1 aromatic heterocycles. The molecule has 0 aliphatic heterocycles. The maximum Gasteiger partial charge on any atom is 0.222 e. The lowest BCUT2D eigenvalue weighted by atomic mass is 10.0. The Kier molecular flexibility index (Phi) is 4.71. The molecule has 0 amide bonds. The lowest BCUT2D eigenvalue weighted by Gasteiger charge is -2.18. The third-order valence-corrected chi connectivity index (χ3v) is 3.51. The summed E-state index contributed by atoms with van der Waals surface area (Å²) < 4.78 is 12.3. The molecular formula is C14H17IN4O2. The molecule has 0 saturated carbocycles. The van der Waals surface area contributed by atoms with Gasteiger partial charge >= 0.3 is 0 Å². The van der Waals surface area contributed by atoms with Crippen LogP contribution in [0.4, 0.5) is 11.8 Å². The molecular weight excluding hydrogens is 383 g/mol. The average Bonchev–Trinajstić information content (AvgIpc) is 2.40. The van der Waals surface area contributed by atoms with E-state index in [1.807, 2.05) is 12.1 Å². The Morgan fingerprint density at radius 3 is 2.38 bits per heavy atom. The summed E-state index contributed by atoms with van der Waals surface area (Å²) in [5, 5.41) is 0. The Morgan fingerprint density at radius 1 is 1.14 bits per heavy atom. The number of hydrogen-bond acceptors (Lipinski definition) is 6. The van der Waals surface area contributed by atoms with E-state index < -0.39 is 0 Å².